The highest BCUT2D eigenvalue weighted by molar-refractivity contribution is 5.81. The van der Waals surface area contributed by atoms with Gasteiger partial charge in [0, 0.05) is 31.7 Å². The second-order valence-corrected chi connectivity index (χ2v) is 6.60. The first-order valence-corrected chi connectivity index (χ1v) is 8.33. The number of likely N-dealkylation sites (tertiary alicyclic amines) is 1. The second kappa shape index (κ2) is 7.75. The molecule has 1 aromatic carbocycles. The van der Waals surface area contributed by atoms with Crippen LogP contribution in [0.1, 0.15) is 39.2 Å². The van der Waals surface area contributed by atoms with Crippen LogP contribution in [0.5, 0.6) is 0 Å². The van der Waals surface area contributed by atoms with Gasteiger partial charge in [0.25, 0.3) is 0 Å². The van der Waals surface area contributed by atoms with Crippen LogP contribution in [0.25, 0.3) is 0 Å². The van der Waals surface area contributed by atoms with Crippen LogP contribution < -0.4 is 5.73 Å². The Labute approximate surface area is 134 Å². The summed E-state index contributed by atoms with van der Waals surface area (Å²) in [4.78, 5) is 16.5. The summed E-state index contributed by atoms with van der Waals surface area (Å²) in [5.74, 6) is 0.0811. The van der Waals surface area contributed by atoms with Gasteiger partial charge in [-0.25, -0.2) is 0 Å². The zero-order chi connectivity index (χ0) is 16.1. The molecule has 1 heterocycles. The van der Waals surface area contributed by atoms with Crippen LogP contribution in [0, 0.1) is 0 Å². The van der Waals surface area contributed by atoms with E-state index >= 15 is 0 Å². The van der Waals surface area contributed by atoms with Crippen LogP contribution in [0.3, 0.4) is 0 Å². The minimum Gasteiger partial charge on any atom is -0.341 e. The summed E-state index contributed by atoms with van der Waals surface area (Å²) >= 11 is 0. The highest BCUT2D eigenvalue weighted by atomic mass is 16.2. The van der Waals surface area contributed by atoms with Gasteiger partial charge >= 0.3 is 0 Å². The van der Waals surface area contributed by atoms with Crippen LogP contribution in [0.2, 0.25) is 0 Å². The fraction of sp³-hybridized carbons (Fsp3) is 0.611. The quantitative estimate of drug-likeness (QED) is 0.907. The van der Waals surface area contributed by atoms with Gasteiger partial charge in [0.2, 0.25) is 5.91 Å². The lowest BCUT2D eigenvalue weighted by atomic mass is 10.00. The third-order valence-electron chi connectivity index (χ3n) is 4.51. The lowest BCUT2D eigenvalue weighted by Gasteiger charge is -2.41. The van der Waals surface area contributed by atoms with E-state index in [0.29, 0.717) is 12.1 Å². The Hall–Kier alpha value is -1.39. The Bertz CT molecular complexity index is 464. The van der Waals surface area contributed by atoms with Gasteiger partial charge in [-0.2, -0.15) is 0 Å². The molecule has 4 heteroatoms. The Morgan fingerprint density at radius 3 is 2.32 bits per heavy atom. The smallest absolute Gasteiger partial charge is 0.239 e. The van der Waals surface area contributed by atoms with Crippen molar-refractivity contribution in [1.29, 1.82) is 0 Å². The van der Waals surface area contributed by atoms with E-state index in [1.54, 1.807) is 6.92 Å². The number of rotatable bonds is 5. The SMILES string of the molecule is CC(N)C(=O)N1CCC(N(Cc2ccccc2)C(C)C)CC1. The molecule has 22 heavy (non-hydrogen) atoms. The van der Waals surface area contributed by atoms with Gasteiger partial charge in [-0.3, -0.25) is 9.69 Å². The van der Waals surface area contributed by atoms with Crippen LogP contribution in [0.15, 0.2) is 30.3 Å². The summed E-state index contributed by atoms with van der Waals surface area (Å²) in [7, 11) is 0. The van der Waals surface area contributed by atoms with Crippen LogP contribution in [-0.4, -0.2) is 46.9 Å². The number of hydrogen-bond acceptors (Lipinski definition) is 3. The number of piperidine rings is 1. The van der Waals surface area contributed by atoms with Crippen molar-refractivity contribution in [2.75, 3.05) is 13.1 Å². The van der Waals surface area contributed by atoms with Crippen molar-refractivity contribution in [3.8, 4) is 0 Å². The predicted octanol–water partition coefficient (Wildman–Crippen LogP) is 2.24. The predicted molar refractivity (Wildman–Crippen MR) is 90.4 cm³/mol. The van der Waals surface area contributed by atoms with E-state index in [2.05, 4.69) is 49.1 Å². The Balaban J connectivity index is 1.96. The third-order valence-corrected chi connectivity index (χ3v) is 4.51. The van der Waals surface area contributed by atoms with E-state index in [0.717, 1.165) is 32.5 Å². The van der Waals surface area contributed by atoms with Crippen LogP contribution >= 0.6 is 0 Å². The Morgan fingerprint density at radius 2 is 1.82 bits per heavy atom. The zero-order valence-electron chi connectivity index (χ0n) is 14.0. The first-order valence-electron chi connectivity index (χ1n) is 8.33. The van der Waals surface area contributed by atoms with E-state index in [1.807, 2.05) is 4.90 Å². The second-order valence-electron chi connectivity index (χ2n) is 6.60. The molecule has 1 amide bonds. The molecule has 1 saturated heterocycles. The van der Waals surface area contributed by atoms with Crippen LogP contribution in [0.4, 0.5) is 0 Å². The lowest BCUT2D eigenvalue weighted by molar-refractivity contribution is -0.133. The van der Waals surface area contributed by atoms with E-state index in [-0.39, 0.29) is 11.9 Å². The van der Waals surface area contributed by atoms with Gasteiger partial charge in [0.15, 0.2) is 0 Å². The fourth-order valence-electron chi connectivity index (χ4n) is 3.23. The third kappa shape index (κ3) is 4.31. The maximum atomic E-state index is 12.0. The van der Waals surface area contributed by atoms with Gasteiger partial charge in [-0.15, -0.1) is 0 Å². The molecular formula is C18H29N3O. The molecule has 122 valence electrons. The van der Waals surface area contributed by atoms with Gasteiger partial charge in [0.1, 0.15) is 0 Å². The summed E-state index contributed by atoms with van der Waals surface area (Å²) < 4.78 is 0. The van der Waals surface area contributed by atoms with Crippen molar-refractivity contribution < 1.29 is 4.79 Å². The number of nitrogens with two attached hydrogens (primary N) is 1. The number of carbonyl (C=O) groups is 1. The normalized spacial score (nSPS) is 18.0. The minimum absolute atomic E-state index is 0.0811. The molecule has 1 aliphatic rings. The Kier molecular flexibility index (Phi) is 5.98. The number of carbonyl (C=O) groups excluding carboxylic acids is 1. The fourth-order valence-corrected chi connectivity index (χ4v) is 3.23. The van der Waals surface area contributed by atoms with E-state index < -0.39 is 0 Å². The maximum absolute atomic E-state index is 12.0. The van der Waals surface area contributed by atoms with E-state index in [4.69, 9.17) is 5.73 Å². The number of hydrogen-bond donors (Lipinski definition) is 1. The van der Waals surface area contributed by atoms with Gasteiger partial charge < -0.3 is 10.6 Å². The largest absolute Gasteiger partial charge is 0.341 e. The van der Waals surface area contributed by atoms with Crippen molar-refractivity contribution in [2.45, 2.75) is 58.3 Å². The maximum Gasteiger partial charge on any atom is 0.239 e. The zero-order valence-corrected chi connectivity index (χ0v) is 14.0. The molecule has 0 radical (unpaired) electrons. The number of amides is 1. The standard InChI is InChI=1S/C18H29N3O/c1-14(2)21(13-16-7-5-4-6-8-16)17-9-11-20(12-10-17)18(22)15(3)19/h4-8,14-15,17H,9-13,19H2,1-3H3. The first-order chi connectivity index (χ1) is 10.5. The molecule has 4 nitrogen and oxygen atoms in total. The highest BCUT2D eigenvalue weighted by Gasteiger charge is 2.29. The summed E-state index contributed by atoms with van der Waals surface area (Å²) in [6.45, 7) is 8.89. The van der Waals surface area contributed by atoms with Crippen molar-refractivity contribution in [2.24, 2.45) is 5.73 Å². The first kappa shape index (κ1) is 17.0. The molecule has 0 bridgehead atoms. The summed E-state index contributed by atoms with van der Waals surface area (Å²) in [5.41, 5.74) is 7.06. The van der Waals surface area contributed by atoms with Crippen molar-refractivity contribution >= 4 is 5.91 Å². The highest BCUT2D eigenvalue weighted by Crippen LogP contribution is 2.21. The molecule has 0 saturated carbocycles. The lowest BCUT2D eigenvalue weighted by Crippen LogP contribution is -2.51. The molecular weight excluding hydrogens is 274 g/mol. The van der Waals surface area contributed by atoms with E-state index in [9.17, 15) is 4.79 Å². The average molecular weight is 303 g/mol. The topological polar surface area (TPSA) is 49.6 Å². The van der Waals surface area contributed by atoms with Crippen LogP contribution in [-0.2, 0) is 11.3 Å². The number of nitrogens with zero attached hydrogens (tertiary/aromatic N) is 2. The molecule has 0 spiro atoms. The molecule has 0 aliphatic carbocycles. The summed E-state index contributed by atoms with van der Waals surface area (Å²) in [5, 5.41) is 0. The van der Waals surface area contributed by atoms with E-state index in [1.165, 1.54) is 5.56 Å². The molecule has 1 atom stereocenters. The monoisotopic (exact) mass is 303 g/mol. The van der Waals surface area contributed by atoms with Crippen molar-refractivity contribution in [1.82, 2.24) is 9.80 Å². The van der Waals surface area contributed by atoms with Gasteiger partial charge in [-0.05, 0) is 39.2 Å². The van der Waals surface area contributed by atoms with Gasteiger partial charge in [-0.1, -0.05) is 30.3 Å². The average Bonchev–Trinajstić information content (AvgIpc) is 2.53. The van der Waals surface area contributed by atoms with Crippen molar-refractivity contribution in [3.05, 3.63) is 35.9 Å². The molecule has 2 rings (SSSR count). The molecule has 1 unspecified atom stereocenters. The van der Waals surface area contributed by atoms with Gasteiger partial charge in [0.05, 0.1) is 6.04 Å². The molecule has 0 aromatic heterocycles. The van der Waals surface area contributed by atoms with Crippen molar-refractivity contribution in [3.63, 3.8) is 0 Å². The number of benzene rings is 1. The molecule has 2 N–H and O–H groups in total. The molecule has 1 aliphatic heterocycles. The Morgan fingerprint density at radius 1 is 1.23 bits per heavy atom. The molecule has 1 aromatic rings. The minimum atomic E-state index is -0.387. The summed E-state index contributed by atoms with van der Waals surface area (Å²) in [6.07, 6.45) is 2.06. The summed E-state index contributed by atoms with van der Waals surface area (Å²) in [6, 6.07) is 11.3. The molecule has 1 fully saturated rings.